The quantitative estimate of drug-likeness (QED) is 0.867. The molecule has 0 heterocycles. The average molecular weight is 269 g/mol. The minimum atomic E-state index is -0.674. The van der Waals surface area contributed by atoms with Gasteiger partial charge in [0, 0.05) is 0 Å². The van der Waals surface area contributed by atoms with Crippen molar-refractivity contribution in [1.82, 2.24) is 0 Å². The molecule has 3 heteroatoms. The number of ketones is 1. The molecule has 20 heavy (non-hydrogen) atoms. The second kappa shape index (κ2) is 5.88. The molecule has 2 N–H and O–H groups in total. The summed E-state index contributed by atoms with van der Waals surface area (Å²) < 4.78 is 5.39. The first kappa shape index (κ1) is 14.3. The zero-order valence-corrected chi connectivity index (χ0v) is 12.0. The third-order valence-corrected chi connectivity index (χ3v) is 3.59. The minimum Gasteiger partial charge on any atom is -0.496 e. The second-order valence-electron chi connectivity index (χ2n) is 4.84. The smallest absolute Gasteiger partial charge is 0.187 e. The van der Waals surface area contributed by atoms with Crippen LogP contribution in [-0.2, 0) is 0 Å². The third kappa shape index (κ3) is 2.58. The van der Waals surface area contributed by atoms with E-state index in [0.29, 0.717) is 11.3 Å². The van der Waals surface area contributed by atoms with Crippen molar-refractivity contribution in [2.75, 3.05) is 7.11 Å². The molecule has 0 aromatic heterocycles. The van der Waals surface area contributed by atoms with Crippen molar-refractivity contribution in [2.24, 2.45) is 5.73 Å². The maximum Gasteiger partial charge on any atom is 0.187 e. The molecule has 0 aliphatic rings. The van der Waals surface area contributed by atoms with Crippen molar-refractivity contribution in [2.45, 2.75) is 19.9 Å². The van der Waals surface area contributed by atoms with E-state index < -0.39 is 6.04 Å². The van der Waals surface area contributed by atoms with Crippen LogP contribution in [0.4, 0.5) is 0 Å². The predicted octanol–water partition coefficient (Wildman–Crippen LogP) is 3.19. The molecule has 0 aliphatic carbocycles. The first-order valence-corrected chi connectivity index (χ1v) is 6.55. The fourth-order valence-electron chi connectivity index (χ4n) is 2.23. The van der Waals surface area contributed by atoms with Gasteiger partial charge in [-0.1, -0.05) is 36.4 Å². The Balaban J connectivity index is 2.42. The third-order valence-electron chi connectivity index (χ3n) is 3.59. The van der Waals surface area contributed by atoms with Crippen molar-refractivity contribution >= 4 is 5.78 Å². The number of carbonyl (C=O) groups excluding carboxylic acids is 1. The highest BCUT2D eigenvalue weighted by atomic mass is 16.5. The molecular weight excluding hydrogens is 250 g/mol. The summed E-state index contributed by atoms with van der Waals surface area (Å²) in [7, 11) is 1.58. The summed E-state index contributed by atoms with van der Waals surface area (Å²) in [5.74, 6) is 0.484. The summed E-state index contributed by atoms with van der Waals surface area (Å²) in [4.78, 5) is 12.6. The first-order chi connectivity index (χ1) is 9.56. The lowest BCUT2D eigenvalue weighted by Gasteiger charge is -2.16. The fourth-order valence-corrected chi connectivity index (χ4v) is 2.23. The van der Waals surface area contributed by atoms with Crippen LogP contribution < -0.4 is 10.5 Å². The molecule has 0 fully saturated rings. The van der Waals surface area contributed by atoms with E-state index in [4.69, 9.17) is 10.5 Å². The van der Waals surface area contributed by atoms with Gasteiger partial charge >= 0.3 is 0 Å². The Morgan fingerprint density at radius 1 is 1.10 bits per heavy atom. The van der Waals surface area contributed by atoms with Crippen molar-refractivity contribution in [1.29, 1.82) is 0 Å². The number of ether oxygens (including phenoxy) is 1. The normalized spacial score (nSPS) is 12.0. The number of carbonyl (C=O) groups is 1. The van der Waals surface area contributed by atoms with Crippen LogP contribution in [0.3, 0.4) is 0 Å². The molecular formula is C17H19NO2. The number of hydrogen-bond acceptors (Lipinski definition) is 3. The van der Waals surface area contributed by atoms with Gasteiger partial charge < -0.3 is 10.5 Å². The van der Waals surface area contributed by atoms with Gasteiger partial charge in [0.2, 0.25) is 0 Å². The summed E-state index contributed by atoms with van der Waals surface area (Å²) >= 11 is 0. The van der Waals surface area contributed by atoms with Gasteiger partial charge in [-0.3, -0.25) is 4.79 Å². The van der Waals surface area contributed by atoms with E-state index in [2.05, 4.69) is 0 Å². The second-order valence-corrected chi connectivity index (χ2v) is 4.84. The van der Waals surface area contributed by atoms with E-state index in [1.54, 1.807) is 13.2 Å². The van der Waals surface area contributed by atoms with Crippen molar-refractivity contribution in [3.8, 4) is 5.75 Å². The fraction of sp³-hybridized carbons (Fsp3) is 0.235. The molecule has 0 bridgehead atoms. The number of rotatable bonds is 4. The summed E-state index contributed by atoms with van der Waals surface area (Å²) in [6.07, 6.45) is 0. The van der Waals surface area contributed by atoms with E-state index in [9.17, 15) is 4.79 Å². The van der Waals surface area contributed by atoms with Gasteiger partial charge in [-0.05, 0) is 36.6 Å². The molecule has 3 nitrogen and oxygen atoms in total. The molecule has 0 amide bonds. The van der Waals surface area contributed by atoms with Crippen molar-refractivity contribution < 1.29 is 9.53 Å². The Kier molecular flexibility index (Phi) is 4.20. The Bertz CT molecular complexity index is 620. The monoisotopic (exact) mass is 269 g/mol. The van der Waals surface area contributed by atoms with Gasteiger partial charge in [0.15, 0.2) is 5.78 Å². The van der Waals surface area contributed by atoms with Crippen LogP contribution in [0.1, 0.15) is 33.1 Å². The van der Waals surface area contributed by atoms with E-state index in [1.807, 2.05) is 50.2 Å². The number of aryl methyl sites for hydroxylation is 1. The van der Waals surface area contributed by atoms with Crippen LogP contribution in [0.5, 0.6) is 5.75 Å². The molecule has 0 radical (unpaired) electrons. The van der Waals surface area contributed by atoms with E-state index in [1.165, 1.54) is 0 Å². The lowest BCUT2D eigenvalue weighted by Crippen LogP contribution is -2.22. The van der Waals surface area contributed by atoms with Crippen molar-refractivity contribution in [3.05, 3.63) is 64.7 Å². The van der Waals surface area contributed by atoms with E-state index in [-0.39, 0.29) is 5.78 Å². The molecule has 104 valence electrons. The number of methoxy groups -OCH3 is 1. The highest BCUT2D eigenvalue weighted by molar-refractivity contribution is 6.03. The number of Topliss-reactive ketones (excluding diaryl/α,β-unsaturated/α-hetero) is 1. The zero-order valence-electron chi connectivity index (χ0n) is 12.0. The molecule has 0 unspecified atom stereocenters. The molecule has 0 aliphatic heterocycles. The Morgan fingerprint density at radius 3 is 2.35 bits per heavy atom. The van der Waals surface area contributed by atoms with Gasteiger partial charge in [0.05, 0.1) is 18.7 Å². The molecule has 2 aromatic carbocycles. The topological polar surface area (TPSA) is 52.3 Å². The summed E-state index contributed by atoms with van der Waals surface area (Å²) in [6.45, 7) is 3.93. The van der Waals surface area contributed by atoms with Crippen LogP contribution >= 0.6 is 0 Å². The number of benzene rings is 2. The summed E-state index contributed by atoms with van der Waals surface area (Å²) in [6, 6.07) is 12.4. The van der Waals surface area contributed by atoms with Gasteiger partial charge in [0.1, 0.15) is 5.75 Å². The Morgan fingerprint density at radius 2 is 1.75 bits per heavy atom. The molecule has 0 saturated heterocycles. The lowest BCUT2D eigenvalue weighted by atomic mass is 9.95. The molecule has 2 rings (SSSR count). The SMILES string of the molecule is COc1c(C(=O)[C@H](N)c2ccccc2)ccc(C)c1C. The average Bonchev–Trinajstić information content (AvgIpc) is 2.49. The molecule has 1 atom stereocenters. The largest absolute Gasteiger partial charge is 0.496 e. The van der Waals surface area contributed by atoms with Crippen LogP contribution in [0.25, 0.3) is 0 Å². The van der Waals surface area contributed by atoms with E-state index >= 15 is 0 Å². The first-order valence-electron chi connectivity index (χ1n) is 6.55. The number of nitrogens with two attached hydrogens (primary N) is 1. The standard InChI is InChI=1S/C17H19NO2/c1-11-9-10-14(17(20-3)12(11)2)16(19)15(18)13-7-5-4-6-8-13/h4-10,15H,18H2,1-3H3/t15-/m1/s1. The molecule has 2 aromatic rings. The van der Waals surface area contributed by atoms with Crippen LogP contribution in [0, 0.1) is 13.8 Å². The maximum atomic E-state index is 12.6. The van der Waals surface area contributed by atoms with Crippen LogP contribution in [0.15, 0.2) is 42.5 Å². The van der Waals surface area contributed by atoms with Crippen LogP contribution in [0.2, 0.25) is 0 Å². The Labute approximate surface area is 119 Å². The predicted molar refractivity (Wildman–Crippen MR) is 80.2 cm³/mol. The summed E-state index contributed by atoms with van der Waals surface area (Å²) in [5, 5.41) is 0. The molecule has 0 saturated carbocycles. The van der Waals surface area contributed by atoms with Gasteiger partial charge in [-0.15, -0.1) is 0 Å². The highest BCUT2D eigenvalue weighted by Gasteiger charge is 2.22. The number of hydrogen-bond donors (Lipinski definition) is 1. The van der Waals surface area contributed by atoms with Gasteiger partial charge in [0.25, 0.3) is 0 Å². The van der Waals surface area contributed by atoms with Crippen LogP contribution in [-0.4, -0.2) is 12.9 Å². The summed E-state index contributed by atoms with van der Waals surface area (Å²) in [5.41, 5.74) is 9.48. The van der Waals surface area contributed by atoms with E-state index in [0.717, 1.165) is 16.7 Å². The van der Waals surface area contributed by atoms with Crippen molar-refractivity contribution in [3.63, 3.8) is 0 Å². The maximum absolute atomic E-state index is 12.6. The molecule has 0 spiro atoms. The Hall–Kier alpha value is -2.13. The zero-order chi connectivity index (χ0) is 14.7. The van der Waals surface area contributed by atoms with Gasteiger partial charge in [-0.25, -0.2) is 0 Å². The minimum absolute atomic E-state index is 0.129. The highest BCUT2D eigenvalue weighted by Crippen LogP contribution is 2.29. The van der Waals surface area contributed by atoms with Gasteiger partial charge in [-0.2, -0.15) is 0 Å². The lowest BCUT2D eigenvalue weighted by molar-refractivity contribution is 0.0958.